The topological polar surface area (TPSA) is 91.0 Å². The van der Waals surface area contributed by atoms with Gasteiger partial charge in [-0.05, 0) is 0 Å². The Morgan fingerprint density at radius 3 is 2.43 bits per heavy atom. The summed E-state index contributed by atoms with van der Waals surface area (Å²) >= 11 is 0. The average Bonchev–Trinajstić information content (AvgIpc) is 2.12. The van der Waals surface area contributed by atoms with Gasteiger partial charge in [-0.3, -0.25) is 0 Å². The fourth-order valence-electron chi connectivity index (χ4n) is 0.681. The van der Waals surface area contributed by atoms with Crippen LogP contribution in [0.25, 0.3) is 0 Å². The molecule has 0 spiro atoms. The molecule has 0 atom stereocenters. The molecule has 0 aliphatic rings. The SMILES string of the molecule is CN(C)C(=O)NCC(C)(C)C(N)=NO. The van der Waals surface area contributed by atoms with Crippen LogP contribution in [0, 0.1) is 5.41 Å². The van der Waals surface area contributed by atoms with Crippen molar-refractivity contribution in [2.24, 2.45) is 16.3 Å². The second-order valence-corrected chi connectivity index (χ2v) is 3.92. The molecule has 6 heteroatoms. The van der Waals surface area contributed by atoms with E-state index in [4.69, 9.17) is 10.9 Å². The second kappa shape index (κ2) is 4.69. The van der Waals surface area contributed by atoms with Gasteiger partial charge in [0.05, 0.1) is 0 Å². The fraction of sp³-hybridized carbons (Fsp3) is 0.750. The van der Waals surface area contributed by atoms with Crippen LogP contribution < -0.4 is 11.1 Å². The predicted octanol–water partition coefficient (Wildman–Crippen LogP) is 0.0302. The van der Waals surface area contributed by atoms with Crippen LogP contribution in [0.1, 0.15) is 13.8 Å². The maximum absolute atomic E-state index is 11.2. The molecule has 0 radical (unpaired) electrons. The summed E-state index contributed by atoms with van der Waals surface area (Å²) < 4.78 is 0. The van der Waals surface area contributed by atoms with Gasteiger partial charge in [0.1, 0.15) is 5.84 Å². The third-order valence-corrected chi connectivity index (χ3v) is 1.89. The number of amides is 2. The van der Waals surface area contributed by atoms with Crippen molar-refractivity contribution >= 4 is 11.9 Å². The summed E-state index contributed by atoms with van der Waals surface area (Å²) in [6.07, 6.45) is 0. The molecule has 0 unspecified atom stereocenters. The van der Waals surface area contributed by atoms with Crippen LogP contribution in [-0.4, -0.2) is 42.6 Å². The van der Waals surface area contributed by atoms with Crippen LogP contribution >= 0.6 is 0 Å². The highest BCUT2D eigenvalue weighted by Crippen LogP contribution is 2.13. The minimum absolute atomic E-state index is 0.0940. The van der Waals surface area contributed by atoms with E-state index in [1.807, 2.05) is 0 Å². The summed E-state index contributed by atoms with van der Waals surface area (Å²) in [5.74, 6) is 0.0940. The molecule has 0 aromatic rings. The molecule has 2 amide bonds. The molecule has 0 aliphatic carbocycles. The Kier molecular flexibility index (Phi) is 4.20. The van der Waals surface area contributed by atoms with E-state index in [0.29, 0.717) is 6.54 Å². The molecule has 0 fully saturated rings. The fourth-order valence-corrected chi connectivity index (χ4v) is 0.681. The van der Waals surface area contributed by atoms with Gasteiger partial charge < -0.3 is 21.2 Å². The van der Waals surface area contributed by atoms with E-state index in [1.54, 1.807) is 27.9 Å². The number of carbonyl (C=O) groups is 1. The van der Waals surface area contributed by atoms with Crippen LogP contribution in [0.3, 0.4) is 0 Å². The molecule has 0 aromatic heterocycles. The van der Waals surface area contributed by atoms with E-state index in [2.05, 4.69) is 10.5 Å². The summed E-state index contributed by atoms with van der Waals surface area (Å²) in [4.78, 5) is 12.6. The summed E-state index contributed by atoms with van der Waals surface area (Å²) in [6, 6.07) is -0.205. The largest absolute Gasteiger partial charge is 0.409 e. The number of nitrogens with zero attached hydrogens (tertiary/aromatic N) is 2. The first-order chi connectivity index (χ1) is 6.31. The highest BCUT2D eigenvalue weighted by Gasteiger charge is 2.24. The minimum atomic E-state index is -0.555. The van der Waals surface area contributed by atoms with Crippen molar-refractivity contribution in [2.45, 2.75) is 13.8 Å². The van der Waals surface area contributed by atoms with E-state index < -0.39 is 5.41 Å². The number of rotatable bonds is 3. The van der Waals surface area contributed by atoms with Gasteiger partial charge >= 0.3 is 6.03 Å². The molecule has 6 nitrogen and oxygen atoms in total. The molecule has 4 N–H and O–H groups in total. The Morgan fingerprint density at radius 1 is 1.57 bits per heavy atom. The maximum Gasteiger partial charge on any atom is 0.316 e. The van der Waals surface area contributed by atoms with Crippen LogP contribution in [0.15, 0.2) is 5.16 Å². The smallest absolute Gasteiger partial charge is 0.316 e. The minimum Gasteiger partial charge on any atom is -0.409 e. The standard InChI is InChI=1S/C8H18N4O2/c1-8(2,6(9)11-14)5-10-7(13)12(3)4/h14H,5H2,1-4H3,(H2,9,11)(H,10,13). The molecule has 0 saturated heterocycles. The summed E-state index contributed by atoms with van der Waals surface area (Å²) in [5.41, 5.74) is 4.89. The second-order valence-electron chi connectivity index (χ2n) is 3.92. The van der Waals surface area contributed by atoms with Gasteiger partial charge in [-0.2, -0.15) is 0 Å². The first-order valence-electron chi connectivity index (χ1n) is 4.24. The molecule has 0 bridgehead atoms. The van der Waals surface area contributed by atoms with E-state index in [-0.39, 0.29) is 11.9 Å². The van der Waals surface area contributed by atoms with Gasteiger partial charge in [0, 0.05) is 26.1 Å². The van der Waals surface area contributed by atoms with Crippen molar-refractivity contribution in [1.82, 2.24) is 10.2 Å². The zero-order valence-electron chi connectivity index (χ0n) is 9.03. The Bertz CT molecular complexity index is 235. The Balaban J connectivity index is 4.19. The van der Waals surface area contributed by atoms with Crippen molar-refractivity contribution in [3.63, 3.8) is 0 Å². The number of hydrogen-bond acceptors (Lipinski definition) is 3. The zero-order chi connectivity index (χ0) is 11.4. The normalized spacial score (nSPS) is 12.4. The Hall–Kier alpha value is -1.46. The molecular formula is C8H18N4O2. The number of nitrogens with two attached hydrogens (primary N) is 1. The van der Waals surface area contributed by atoms with Crippen molar-refractivity contribution in [2.75, 3.05) is 20.6 Å². The van der Waals surface area contributed by atoms with Crippen LogP contribution in [0.5, 0.6) is 0 Å². The molecule has 82 valence electrons. The van der Waals surface area contributed by atoms with Gasteiger partial charge in [0.15, 0.2) is 0 Å². The van der Waals surface area contributed by atoms with Crippen molar-refractivity contribution < 1.29 is 10.0 Å². The first kappa shape index (κ1) is 12.5. The van der Waals surface area contributed by atoms with Gasteiger partial charge in [0.2, 0.25) is 0 Å². The van der Waals surface area contributed by atoms with Crippen LogP contribution in [0.2, 0.25) is 0 Å². The number of amidine groups is 1. The molecule has 0 saturated carbocycles. The molecule has 14 heavy (non-hydrogen) atoms. The van der Waals surface area contributed by atoms with Crippen molar-refractivity contribution in [3.05, 3.63) is 0 Å². The third kappa shape index (κ3) is 3.51. The lowest BCUT2D eigenvalue weighted by molar-refractivity contribution is 0.214. The van der Waals surface area contributed by atoms with E-state index in [0.717, 1.165) is 0 Å². The van der Waals surface area contributed by atoms with Crippen molar-refractivity contribution in [3.8, 4) is 0 Å². The van der Waals surface area contributed by atoms with E-state index >= 15 is 0 Å². The summed E-state index contributed by atoms with van der Waals surface area (Å²) in [7, 11) is 3.29. The van der Waals surface area contributed by atoms with Crippen LogP contribution in [0.4, 0.5) is 4.79 Å². The quantitative estimate of drug-likeness (QED) is 0.261. The van der Waals surface area contributed by atoms with Crippen molar-refractivity contribution in [1.29, 1.82) is 0 Å². The van der Waals surface area contributed by atoms with Gasteiger partial charge in [0.25, 0.3) is 0 Å². The van der Waals surface area contributed by atoms with E-state index in [1.165, 1.54) is 4.90 Å². The number of oxime groups is 1. The lowest BCUT2D eigenvalue weighted by Crippen LogP contribution is -2.45. The Morgan fingerprint density at radius 2 is 2.07 bits per heavy atom. The average molecular weight is 202 g/mol. The first-order valence-corrected chi connectivity index (χ1v) is 4.24. The predicted molar refractivity (Wildman–Crippen MR) is 54.3 cm³/mol. The zero-order valence-corrected chi connectivity index (χ0v) is 9.03. The summed E-state index contributed by atoms with van der Waals surface area (Å²) in [6.45, 7) is 3.87. The summed E-state index contributed by atoms with van der Waals surface area (Å²) in [5, 5.41) is 14.0. The molecule has 0 heterocycles. The van der Waals surface area contributed by atoms with E-state index in [9.17, 15) is 4.79 Å². The molecule has 0 aromatic carbocycles. The number of carbonyl (C=O) groups excluding carboxylic acids is 1. The monoisotopic (exact) mass is 202 g/mol. The lowest BCUT2D eigenvalue weighted by atomic mass is 9.92. The van der Waals surface area contributed by atoms with Gasteiger partial charge in [-0.1, -0.05) is 19.0 Å². The Labute approximate surface area is 83.7 Å². The van der Waals surface area contributed by atoms with Gasteiger partial charge in [-0.15, -0.1) is 0 Å². The van der Waals surface area contributed by atoms with Gasteiger partial charge in [-0.25, -0.2) is 4.79 Å². The van der Waals surface area contributed by atoms with Crippen LogP contribution in [-0.2, 0) is 0 Å². The molecular weight excluding hydrogens is 184 g/mol. The number of hydrogen-bond donors (Lipinski definition) is 3. The third-order valence-electron chi connectivity index (χ3n) is 1.89. The lowest BCUT2D eigenvalue weighted by Gasteiger charge is -2.24. The number of urea groups is 1. The number of nitrogens with one attached hydrogen (secondary N) is 1. The highest BCUT2D eigenvalue weighted by molar-refractivity contribution is 5.86. The maximum atomic E-state index is 11.2. The highest BCUT2D eigenvalue weighted by atomic mass is 16.4. The molecule has 0 rings (SSSR count). The molecule has 0 aliphatic heterocycles.